The monoisotopic (exact) mass is 346 g/mol. The standard InChI is InChI=1S/C19H30N4O2/c1-13(2)17(20)18(25)21-11-16(24)22-12-19(23(3)4)9-14-7-5-6-8-15(14)10-19/h5-8,13,17H,9-12,20H2,1-4H3,(H,21,25)(H,22,24)/t17-/m0/s1. The van der Waals surface area contributed by atoms with Crippen LogP contribution < -0.4 is 16.4 Å². The van der Waals surface area contributed by atoms with Crippen molar-refractivity contribution >= 4 is 11.8 Å². The summed E-state index contributed by atoms with van der Waals surface area (Å²) in [5, 5.41) is 5.58. The van der Waals surface area contributed by atoms with Gasteiger partial charge in [-0.05, 0) is 44.0 Å². The average Bonchev–Trinajstić information content (AvgIpc) is 2.97. The zero-order chi connectivity index (χ0) is 18.6. The van der Waals surface area contributed by atoms with Crippen LogP contribution >= 0.6 is 0 Å². The Bertz CT molecular complexity index is 603. The lowest BCUT2D eigenvalue weighted by Crippen LogP contribution is -2.55. The first-order chi connectivity index (χ1) is 11.7. The number of rotatable bonds is 7. The van der Waals surface area contributed by atoms with Gasteiger partial charge in [0.05, 0.1) is 12.6 Å². The van der Waals surface area contributed by atoms with Crippen LogP contribution in [0.25, 0.3) is 0 Å². The van der Waals surface area contributed by atoms with E-state index in [4.69, 9.17) is 5.73 Å². The molecule has 6 heteroatoms. The molecule has 0 aliphatic heterocycles. The van der Waals surface area contributed by atoms with Gasteiger partial charge in [-0.15, -0.1) is 0 Å². The molecule has 0 heterocycles. The molecule has 0 fully saturated rings. The molecule has 0 saturated heterocycles. The third-order valence-corrected chi connectivity index (χ3v) is 5.16. The molecule has 1 aliphatic rings. The van der Waals surface area contributed by atoms with E-state index >= 15 is 0 Å². The second-order valence-electron chi connectivity index (χ2n) is 7.51. The van der Waals surface area contributed by atoms with Gasteiger partial charge < -0.3 is 21.3 Å². The molecule has 4 N–H and O–H groups in total. The fourth-order valence-corrected chi connectivity index (χ4v) is 3.19. The average molecular weight is 346 g/mol. The van der Waals surface area contributed by atoms with Crippen LogP contribution in [0, 0.1) is 5.92 Å². The van der Waals surface area contributed by atoms with E-state index in [0.29, 0.717) is 6.54 Å². The van der Waals surface area contributed by atoms with Crippen molar-refractivity contribution in [2.24, 2.45) is 11.7 Å². The van der Waals surface area contributed by atoms with Crippen LogP contribution in [0.2, 0.25) is 0 Å². The zero-order valence-corrected chi connectivity index (χ0v) is 15.6. The second kappa shape index (κ2) is 7.97. The first kappa shape index (κ1) is 19.4. The molecule has 1 aliphatic carbocycles. The molecule has 0 radical (unpaired) electrons. The molecule has 1 atom stereocenters. The lowest BCUT2D eigenvalue weighted by atomic mass is 9.94. The van der Waals surface area contributed by atoms with Gasteiger partial charge in [-0.1, -0.05) is 38.1 Å². The smallest absolute Gasteiger partial charge is 0.239 e. The van der Waals surface area contributed by atoms with E-state index in [1.54, 1.807) is 0 Å². The van der Waals surface area contributed by atoms with Gasteiger partial charge in [-0.3, -0.25) is 9.59 Å². The van der Waals surface area contributed by atoms with Gasteiger partial charge in [0.2, 0.25) is 11.8 Å². The lowest BCUT2D eigenvalue weighted by Gasteiger charge is -2.36. The van der Waals surface area contributed by atoms with Gasteiger partial charge in [0.15, 0.2) is 0 Å². The van der Waals surface area contributed by atoms with Crippen molar-refractivity contribution in [1.29, 1.82) is 0 Å². The van der Waals surface area contributed by atoms with Crippen molar-refractivity contribution in [3.63, 3.8) is 0 Å². The van der Waals surface area contributed by atoms with E-state index in [-0.39, 0.29) is 29.8 Å². The van der Waals surface area contributed by atoms with E-state index in [9.17, 15) is 9.59 Å². The van der Waals surface area contributed by atoms with Crippen LogP contribution in [0.1, 0.15) is 25.0 Å². The minimum absolute atomic E-state index is 0.0389. The van der Waals surface area contributed by atoms with Gasteiger partial charge >= 0.3 is 0 Å². The van der Waals surface area contributed by atoms with Crippen molar-refractivity contribution in [1.82, 2.24) is 15.5 Å². The number of nitrogens with two attached hydrogens (primary N) is 1. The van der Waals surface area contributed by atoms with Crippen LogP contribution in [0.4, 0.5) is 0 Å². The SMILES string of the molecule is CC(C)[C@H](N)C(=O)NCC(=O)NCC1(N(C)C)Cc2ccccc2C1. The number of carbonyl (C=O) groups excluding carboxylic acids is 2. The minimum Gasteiger partial charge on any atom is -0.353 e. The van der Waals surface area contributed by atoms with Crippen LogP contribution in [0.5, 0.6) is 0 Å². The first-order valence-electron chi connectivity index (χ1n) is 8.79. The van der Waals surface area contributed by atoms with E-state index in [0.717, 1.165) is 12.8 Å². The number of nitrogens with zero attached hydrogens (tertiary/aromatic N) is 1. The molecule has 1 aromatic carbocycles. The highest BCUT2D eigenvalue weighted by molar-refractivity contribution is 5.87. The van der Waals surface area contributed by atoms with Crippen molar-refractivity contribution in [2.75, 3.05) is 27.2 Å². The molecule has 0 bridgehead atoms. The first-order valence-corrected chi connectivity index (χ1v) is 8.79. The van der Waals surface area contributed by atoms with Crippen molar-refractivity contribution in [3.8, 4) is 0 Å². The Hall–Kier alpha value is -1.92. The molecular formula is C19H30N4O2. The number of nitrogens with one attached hydrogen (secondary N) is 2. The van der Waals surface area contributed by atoms with Gasteiger partial charge in [0.25, 0.3) is 0 Å². The van der Waals surface area contributed by atoms with Gasteiger partial charge in [0, 0.05) is 12.1 Å². The topological polar surface area (TPSA) is 87.5 Å². The molecule has 0 aromatic heterocycles. The van der Waals surface area contributed by atoms with Crippen molar-refractivity contribution in [2.45, 2.75) is 38.3 Å². The summed E-state index contributed by atoms with van der Waals surface area (Å²) in [6.07, 6.45) is 1.81. The number of likely N-dealkylation sites (N-methyl/N-ethyl adjacent to an activating group) is 1. The highest BCUT2D eigenvalue weighted by atomic mass is 16.2. The summed E-state index contributed by atoms with van der Waals surface area (Å²) in [4.78, 5) is 26.2. The predicted octanol–water partition coefficient (Wildman–Crippen LogP) is 0.301. The third kappa shape index (κ3) is 4.58. The molecular weight excluding hydrogens is 316 g/mol. The summed E-state index contributed by atoms with van der Waals surface area (Å²) in [5.41, 5.74) is 8.32. The Kier molecular flexibility index (Phi) is 6.19. The fourth-order valence-electron chi connectivity index (χ4n) is 3.19. The summed E-state index contributed by atoms with van der Waals surface area (Å²) in [6.45, 7) is 4.25. The normalized spacial score (nSPS) is 16.6. The Morgan fingerprint density at radius 2 is 1.72 bits per heavy atom. The van der Waals surface area contributed by atoms with E-state index in [2.05, 4.69) is 39.8 Å². The lowest BCUT2D eigenvalue weighted by molar-refractivity contribution is -0.127. The quantitative estimate of drug-likeness (QED) is 0.663. The predicted molar refractivity (Wildman–Crippen MR) is 99.1 cm³/mol. The summed E-state index contributed by atoms with van der Waals surface area (Å²) in [7, 11) is 4.09. The van der Waals surface area contributed by atoms with Crippen LogP contribution in [0.15, 0.2) is 24.3 Å². The highest BCUT2D eigenvalue weighted by Crippen LogP contribution is 2.32. The number of carbonyl (C=O) groups is 2. The molecule has 0 unspecified atom stereocenters. The maximum Gasteiger partial charge on any atom is 0.239 e. The Labute approximate surface area is 150 Å². The highest BCUT2D eigenvalue weighted by Gasteiger charge is 2.39. The van der Waals surface area contributed by atoms with Crippen LogP contribution in [-0.2, 0) is 22.4 Å². The second-order valence-corrected chi connectivity index (χ2v) is 7.51. The number of amides is 2. The van der Waals surface area contributed by atoms with Gasteiger partial charge in [-0.25, -0.2) is 0 Å². The summed E-state index contributed by atoms with van der Waals surface area (Å²) >= 11 is 0. The van der Waals surface area contributed by atoms with E-state index in [1.807, 2.05) is 27.9 Å². The maximum atomic E-state index is 12.1. The summed E-state index contributed by atoms with van der Waals surface area (Å²) in [6, 6.07) is 7.81. The van der Waals surface area contributed by atoms with E-state index < -0.39 is 6.04 Å². The Morgan fingerprint density at radius 3 is 2.20 bits per heavy atom. The maximum absolute atomic E-state index is 12.1. The molecule has 2 rings (SSSR count). The van der Waals surface area contributed by atoms with Crippen LogP contribution in [-0.4, -0.2) is 55.5 Å². The fraction of sp³-hybridized carbons (Fsp3) is 0.579. The van der Waals surface area contributed by atoms with Gasteiger partial charge in [0.1, 0.15) is 0 Å². The molecule has 2 amide bonds. The molecule has 0 spiro atoms. The Morgan fingerprint density at radius 1 is 1.16 bits per heavy atom. The van der Waals surface area contributed by atoms with Gasteiger partial charge in [-0.2, -0.15) is 0 Å². The summed E-state index contributed by atoms with van der Waals surface area (Å²) in [5.74, 6) is -0.445. The molecule has 25 heavy (non-hydrogen) atoms. The van der Waals surface area contributed by atoms with Crippen molar-refractivity contribution < 1.29 is 9.59 Å². The molecule has 0 saturated carbocycles. The van der Waals surface area contributed by atoms with E-state index in [1.165, 1.54) is 11.1 Å². The van der Waals surface area contributed by atoms with Crippen LogP contribution in [0.3, 0.4) is 0 Å². The number of fused-ring (bicyclic) bond motifs is 1. The number of hydrogen-bond acceptors (Lipinski definition) is 4. The number of hydrogen-bond donors (Lipinski definition) is 3. The molecule has 6 nitrogen and oxygen atoms in total. The third-order valence-electron chi connectivity index (χ3n) is 5.16. The minimum atomic E-state index is -0.592. The Balaban J connectivity index is 1.88. The zero-order valence-electron chi connectivity index (χ0n) is 15.6. The molecule has 1 aromatic rings. The largest absolute Gasteiger partial charge is 0.353 e. The number of benzene rings is 1. The van der Waals surface area contributed by atoms with Crippen molar-refractivity contribution in [3.05, 3.63) is 35.4 Å². The summed E-state index contributed by atoms with van der Waals surface area (Å²) < 4.78 is 0. The molecule has 138 valence electrons.